The molecule has 1 nitrogen and oxygen atoms in total. The minimum absolute atomic E-state index is 0.0476. The van der Waals surface area contributed by atoms with E-state index in [1.807, 2.05) is 42.5 Å². The van der Waals surface area contributed by atoms with Gasteiger partial charge in [0.05, 0.1) is 9.81 Å². The van der Waals surface area contributed by atoms with Crippen molar-refractivity contribution >= 4 is 0 Å². The highest BCUT2D eigenvalue weighted by atomic mass is 14.7. The predicted octanol–water partition coefficient (Wildman–Crippen LogP) is 4.42. The molecule has 3 aromatic rings. The number of hydrogen-bond donors (Lipinski definition) is 0. The molecule has 0 N–H and O–H groups in total. The number of benzene rings is 2. The van der Waals surface area contributed by atoms with Crippen molar-refractivity contribution in [1.82, 2.24) is 4.98 Å². The first kappa shape index (κ1) is 7.83. The molecule has 0 aliphatic heterocycles. The van der Waals surface area contributed by atoms with Crippen LogP contribution in [0.15, 0.2) is 78.9 Å². The van der Waals surface area contributed by atoms with Gasteiger partial charge in [-0.2, -0.15) is 0 Å². The Balaban J connectivity index is 1.98. The lowest BCUT2D eigenvalue weighted by atomic mass is 10.1. The second-order valence-corrected chi connectivity index (χ2v) is 3.96. The lowest BCUT2D eigenvalue weighted by molar-refractivity contribution is 1.32. The van der Waals surface area contributed by atoms with Crippen LogP contribution in [0.3, 0.4) is 0 Å². The maximum absolute atomic E-state index is 7.69. The van der Waals surface area contributed by atoms with Crippen LogP contribution in [0.1, 0.15) is 4.11 Å². The Bertz CT molecular complexity index is 745. The van der Waals surface area contributed by atoms with Gasteiger partial charge >= 0.3 is 0 Å². The third-order valence-electron chi connectivity index (χ3n) is 2.77. The van der Waals surface area contributed by atoms with Crippen molar-refractivity contribution in [2.24, 2.45) is 0 Å². The fourth-order valence-electron chi connectivity index (χ4n) is 1.82. The molecule has 0 radical (unpaired) electrons. The highest BCUT2D eigenvalue weighted by Crippen LogP contribution is 2.21. The molecule has 1 heterocycles. The molecule has 3 rings (SSSR count). The first-order valence-corrected chi connectivity index (χ1v) is 5.75. The molecule has 0 amide bonds. The van der Waals surface area contributed by atoms with Crippen molar-refractivity contribution < 1.29 is 4.11 Å². The standard InChI is InChI=1S/C17H13N/c1-3-7-14(8-4-1)16-11-12-17(18-13-16)15-9-5-2-6-10-15/h1-13H/i2D,5D,6D. The van der Waals surface area contributed by atoms with Gasteiger partial charge in [0.2, 0.25) is 0 Å². The fourth-order valence-corrected chi connectivity index (χ4v) is 1.82. The van der Waals surface area contributed by atoms with Crippen molar-refractivity contribution in [1.29, 1.82) is 0 Å². The topological polar surface area (TPSA) is 12.9 Å². The molecule has 2 aromatic carbocycles. The predicted molar refractivity (Wildman–Crippen MR) is 75.1 cm³/mol. The van der Waals surface area contributed by atoms with Crippen molar-refractivity contribution in [3.8, 4) is 22.4 Å². The van der Waals surface area contributed by atoms with Gasteiger partial charge in [0.15, 0.2) is 0 Å². The van der Waals surface area contributed by atoms with Crippen LogP contribution in [-0.4, -0.2) is 4.98 Å². The number of rotatable bonds is 2. The first-order chi connectivity index (χ1) is 10.1. The van der Waals surface area contributed by atoms with E-state index >= 15 is 0 Å². The summed E-state index contributed by atoms with van der Waals surface area (Å²) in [4.78, 5) is 4.41. The molecule has 0 unspecified atom stereocenters. The average molecular weight is 234 g/mol. The molecule has 0 spiro atoms. The van der Waals surface area contributed by atoms with Crippen LogP contribution in [0, 0.1) is 0 Å². The second kappa shape index (κ2) is 4.84. The minimum Gasteiger partial charge on any atom is -0.256 e. The quantitative estimate of drug-likeness (QED) is 0.639. The molecule has 1 aromatic heterocycles. The smallest absolute Gasteiger partial charge is 0.0702 e. The largest absolute Gasteiger partial charge is 0.256 e. The summed E-state index contributed by atoms with van der Waals surface area (Å²) in [5.74, 6) is 0. The number of hydrogen-bond acceptors (Lipinski definition) is 1. The molecule has 0 aliphatic carbocycles. The van der Waals surface area contributed by atoms with Crippen LogP contribution in [0.4, 0.5) is 0 Å². The van der Waals surface area contributed by atoms with E-state index < -0.39 is 0 Å². The summed E-state index contributed by atoms with van der Waals surface area (Å²) in [5.41, 5.74) is 3.52. The zero-order valence-electron chi connectivity index (χ0n) is 12.7. The van der Waals surface area contributed by atoms with Gasteiger partial charge in [-0.05, 0) is 11.6 Å². The summed E-state index contributed by atoms with van der Waals surface area (Å²) in [6.07, 6.45) is 1.78. The monoisotopic (exact) mass is 234 g/mol. The Morgan fingerprint density at radius 2 is 1.44 bits per heavy atom. The van der Waals surface area contributed by atoms with Gasteiger partial charge in [-0.3, -0.25) is 4.98 Å². The van der Waals surface area contributed by atoms with E-state index in [9.17, 15) is 0 Å². The van der Waals surface area contributed by atoms with Gasteiger partial charge in [0, 0.05) is 17.3 Å². The third-order valence-corrected chi connectivity index (χ3v) is 2.77. The lowest BCUT2D eigenvalue weighted by Crippen LogP contribution is -1.84. The molecule has 0 fully saturated rings. The Labute approximate surface area is 111 Å². The SMILES string of the molecule is [2H]c1cc(-c2ccc(-c3ccccc3)cn2)cc([2H])c1[2H]. The van der Waals surface area contributed by atoms with E-state index in [2.05, 4.69) is 4.98 Å². The Kier molecular flexibility index (Phi) is 2.11. The molecule has 18 heavy (non-hydrogen) atoms. The molecule has 1 heteroatoms. The number of aromatic nitrogens is 1. The molecular weight excluding hydrogens is 218 g/mol. The van der Waals surface area contributed by atoms with Gasteiger partial charge in [-0.25, -0.2) is 0 Å². The molecular formula is C17H13N. The van der Waals surface area contributed by atoms with Gasteiger partial charge < -0.3 is 0 Å². The van der Waals surface area contributed by atoms with E-state index in [-0.39, 0.29) is 18.1 Å². The van der Waals surface area contributed by atoms with Crippen LogP contribution < -0.4 is 0 Å². The van der Waals surface area contributed by atoms with Gasteiger partial charge in [-0.1, -0.05) is 66.7 Å². The second-order valence-electron chi connectivity index (χ2n) is 3.96. The first-order valence-electron chi connectivity index (χ1n) is 7.25. The van der Waals surface area contributed by atoms with Gasteiger partial charge in [0.25, 0.3) is 0 Å². The Morgan fingerprint density at radius 1 is 0.667 bits per heavy atom. The van der Waals surface area contributed by atoms with Crippen molar-refractivity contribution in [3.05, 3.63) is 78.9 Å². The van der Waals surface area contributed by atoms with Crippen LogP contribution in [0.2, 0.25) is 0 Å². The van der Waals surface area contributed by atoms with Crippen molar-refractivity contribution in [2.75, 3.05) is 0 Å². The average Bonchev–Trinajstić information content (AvgIpc) is 2.53. The summed E-state index contributed by atoms with van der Waals surface area (Å²) < 4.78 is 22.9. The maximum Gasteiger partial charge on any atom is 0.0702 e. The van der Waals surface area contributed by atoms with E-state index in [1.54, 1.807) is 18.3 Å². The third kappa shape index (κ3) is 2.16. The summed E-state index contributed by atoms with van der Waals surface area (Å²) in [7, 11) is 0. The van der Waals surface area contributed by atoms with Crippen LogP contribution in [-0.2, 0) is 0 Å². The highest BCUT2D eigenvalue weighted by molar-refractivity contribution is 5.66. The zero-order chi connectivity index (χ0) is 14.8. The fraction of sp³-hybridized carbons (Fsp3) is 0. The summed E-state index contributed by atoms with van der Waals surface area (Å²) in [5, 5.41) is 0. The number of nitrogens with zero attached hydrogens (tertiary/aromatic N) is 1. The zero-order valence-corrected chi connectivity index (χ0v) is 9.72. The molecule has 86 valence electrons. The van der Waals surface area contributed by atoms with Crippen LogP contribution in [0.25, 0.3) is 22.4 Å². The highest BCUT2D eigenvalue weighted by Gasteiger charge is 2.00. The van der Waals surface area contributed by atoms with E-state index in [1.165, 1.54) is 0 Å². The Hall–Kier alpha value is -2.41. The van der Waals surface area contributed by atoms with Crippen LogP contribution in [0.5, 0.6) is 0 Å². The molecule has 0 atom stereocenters. The maximum atomic E-state index is 7.69. The Morgan fingerprint density at radius 3 is 2.11 bits per heavy atom. The van der Waals surface area contributed by atoms with Crippen molar-refractivity contribution in [2.45, 2.75) is 0 Å². The molecule has 0 bridgehead atoms. The lowest BCUT2D eigenvalue weighted by Gasteiger charge is -2.03. The van der Waals surface area contributed by atoms with Gasteiger partial charge in [0.1, 0.15) is 0 Å². The summed E-state index contributed by atoms with van der Waals surface area (Å²) in [6.45, 7) is 0. The normalized spacial score (nSPS) is 12.6. The van der Waals surface area contributed by atoms with E-state index in [4.69, 9.17) is 4.11 Å². The van der Waals surface area contributed by atoms with E-state index in [0.717, 1.165) is 11.1 Å². The van der Waals surface area contributed by atoms with Crippen LogP contribution >= 0.6 is 0 Å². The molecule has 0 saturated carbocycles. The van der Waals surface area contributed by atoms with E-state index in [0.29, 0.717) is 11.3 Å². The van der Waals surface area contributed by atoms with Gasteiger partial charge in [-0.15, -0.1) is 0 Å². The molecule has 0 aliphatic rings. The molecule has 0 saturated heterocycles. The summed E-state index contributed by atoms with van der Waals surface area (Å²) >= 11 is 0. The summed E-state index contributed by atoms with van der Waals surface area (Å²) in [6, 6.07) is 17.0. The number of pyridine rings is 1. The van der Waals surface area contributed by atoms with Crippen molar-refractivity contribution in [3.63, 3.8) is 0 Å². The minimum atomic E-state index is -0.0559.